The maximum Gasteiger partial charge on any atom is 0.224 e. The van der Waals surface area contributed by atoms with Gasteiger partial charge in [0, 0.05) is 19.6 Å². The number of benzene rings is 1. The molecule has 1 saturated heterocycles. The molecule has 1 heterocycles. The van der Waals surface area contributed by atoms with Crippen molar-refractivity contribution in [3.63, 3.8) is 0 Å². The fraction of sp³-hybridized carbons (Fsp3) is 0.533. The van der Waals surface area contributed by atoms with Crippen molar-refractivity contribution in [2.24, 2.45) is 5.92 Å². The minimum absolute atomic E-state index is 0. The highest BCUT2D eigenvalue weighted by atomic mass is 35.5. The lowest BCUT2D eigenvalue weighted by atomic mass is 10.1. The Hall–Kier alpha value is -0.810. The Balaban J connectivity index is 0.00000200. The van der Waals surface area contributed by atoms with Crippen LogP contribution in [0.15, 0.2) is 24.3 Å². The van der Waals surface area contributed by atoms with E-state index >= 15 is 0 Å². The number of nitrogens with one attached hydrogen (secondary N) is 2. The molecule has 0 spiro atoms. The molecule has 1 aromatic rings. The van der Waals surface area contributed by atoms with E-state index in [0.717, 1.165) is 26.1 Å². The molecule has 1 aliphatic heterocycles. The van der Waals surface area contributed by atoms with E-state index in [1.165, 1.54) is 11.1 Å². The fourth-order valence-corrected chi connectivity index (χ4v) is 2.43. The summed E-state index contributed by atoms with van der Waals surface area (Å²) in [6, 6.07) is 8.29. The van der Waals surface area contributed by atoms with Gasteiger partial charge in [0.1, 0.15) is 0 Å². The highest BCUT2D eigenvalue weighted by Gasteiger charge is 2.21. The van der Waals surface area contributed by atoms with Gasteiger partial charge in [-0.2, -0.15) is 0 Å². The molecule has 6 heteroatoms. The molecule has 2 rings (SSSR count). The summed E-state index contributed by atoms with van der Waals surface area (Å²) in [5.41, 5.74) is 2.48. The first-order chi connectivity index (χ1) is 9.16. The van der Waals surface area contributed by atoms with Crippen molar-refractivity contribution in [3.8, 4) is 0 Å². The van der Waals surface area contributed by atoms with E-state index in [9.17, 15) is 4.79 Å². The normalized spacial score (nSPS) is 17.0. The van der Waals surface area contributed by atoms with Gasteiger partial charge in [0.25, 0.3) is 0 Å². The second kappa shape index (κ2) is 10.0. The van der Waals surface area contributed by atoms with Crippen molar-refractivity contribution < 1.29 is 4.79 Å². The van der Waals surface area contributed by atoms with Crippen LogP contribution in [-0.2, 0) is 17.9 Å². The Kier molecular flexibility index (Phi) is 9.62. The summed E-state index contributed by atoms with van der Waals surface area (Å²) in [6.07, 6.45) is 0.950. The molecule has 0 bridgehead atoms. The van der Waals surface area contributed by atoms with Crippen LogP contribution >= 0.6 is 24.8 Å². The number of amides is 1. The summed E-state index contributed by atoms with van der Waals surface area (Å²) in [4.78, 5) is 14.1. The summed E-state index contributed by atoms with van der Waals surface area (Å²) in [7, 11) is 4.11. The van der Waals surface area contributed by atoms with Crippen LogP contribution in [0.4, 0.5) is 0 Å². The van der Waals surface area contributed by atoms with Crippen molar-refractivity contribution in [2.75, 3.05) is 27.2 Å². The van der Waals surface area contributed by atoms with E-state index < -0.39 is 0 Å². The maximum atomic E-state index is 12.0. The average molecular weight is 334 g/mol. The number of carbonyl (C=O) groups is 1. The van der Waals surface area contributed by atoms with Crippen molar-refractivity contribution in [2.45, 2.75) is 19.5 Å². The van der Waals surface area contributed by atoms with E-state index in [2.05, 4.69) is 41.8 Å². The molecular formula is C15H25Cl2N3O. The standard InChI is InChI=1S/C15H23N3O.2ClH/c1-18(2)11-14-6-4-3-5-12(14)10-17-15(19)13-7-8-16-9-13;;/h3-6,13,16H,7-11H2,1-2H3,(H,17,19);2*1H. The van der Waals surface area contributed by atoms with Gasteiger partial charge >= 0.3 is 0 Å². The van der Waals surface area contributed by atoms with Crippen LogP contribution in [0.2, 0.25) is 0 Å². The van der Waals surface area contributed by atoms with E-state index in [0.29, 0.717) is 6.54 Å². The molecule has 1 atom stereocenters. The van der Waals surface area contributed by atoms with Gasteiger partial charge in [0.15, 0.2) is 0 Å². The highest BCUT2D eigenvalue weighted by molar-refractivity contribution is 5.85. The zero-order valence-corrected chi connectivity index (χ0v) is 14.2. The SMILES string of the molecule is CN(C)Cc1ccccc1CNC(=O)C1CCNC1.Cl.Cl. The summed E-state index contributed by atoms with van der Waals surface area (Å²) >= 11 is 0. The average Bonchev–Trinajstić information content (AvgIpc) is 2.90. The molecule has 2 N–H and O–H groups in total. The molecule has 1 amide bonds. The van der Waals surface area contributed by atoms with Gasteiger partial charge in [-0.1, -0.05) is 24.3 Å². The molecule has 1 fully saturated rings. The van der Waals surface area contributed by atoms with Crippen molar-refractivity contribution in [3.05, 3.63) is 35.4 Å². The van der Waals surface area contributed by atoms with E-state index in [1.54, 1.807) is 0 Å². The molecule has 0 radical (unpaired) electrons. The summed E-state index contributed by atoms with van der Waals surface area (Å²) < 4.78 is 0. The number of halogens is 2. The van der Waals surface area contributed by atoms with Gasteiger partial charge in [-0.15, -0.1) is 24.8 Å². The van der Waals surface area contributed by atoms with E-state index in [-0.39, 0.29) is 36.6 Å². The summed E-state index contributed by atoms with van der Waals surface area (Å²) in [5, 5.41) is 6.28. The predicted octanol–water partition coefficient (Wildman–Crippen LogP) is 1.82. The van der Waals surface area contributed by atoms with Crippen molar-refractivity contribution in [1.29, 1.82) is 0 Å². The smallest absolute Gasteiger partial charge is 0.224 e. The summed E-state index contributed by atoms with van der Waals surface area (Å²) in [6.45, 7) is 3.29. The topological polar surface area (TPSA) is 44.4 Å². The Morgan fingerprint density at radius 1 is 1.29 bits per heavy atom. The molecule has 1 unspecified atom stereocenters. The molecule has 1 aliphatic rings. The first kappa shape index (κ1) is 20.2. The molecule has 0 aliphatic carbocycles. The molecule has 120 valence electrons. The minimum atomic E-state index is 0. The number of carbonyl (C=O) groups excluding carboxylic acids is 1. The van der Waals surface area contributed by atoms with Gasteiger partial charge in [-0.05, 0) is 38.2 Å². The Morgan fingerprint density at radius 2 is 1.95 bits per heavy atom. The molecule has 1 aromatic carbocycles. The number of nitrogens with zero attached hydrogens (tertiary/aromatic N) is 1. The quantitative estimate of drug-likeness (QED) is 0.863. The van der Waals surface area contributed by atoms with Crippen LogP contribution in [0.1, 0.15) is 17.5 Å². The van der Waals surface area contributed by atoms with Crippen LogP contribution in [-0.4, -0.2) is 38.0 Å². The highest BCUT2D eigenvalue weighted by Crippen LogP contribution is 2.12. The predicted molar refractivity (Wildman–Crippen MR) is 91.2 cm³/mol. The number of rotatable bonds is 5. The molecule has 0 saturated carbocycles. The largest absolute Gasteiger partial charge is 0.352 e. The Morgan fingerprint density at radius 3 is 2.52 bits per heavy atom. The van der Waals surface area contributed by atoms with Crippen LogP contribution in [0.3, 0.4) is 0 Å². The van der Waals surface area contributed by atoms with Gasteiger partial charge in [0.2, 0.25) is 5.91 Å². The Labute approximate surface area is 139 Å². The van der Waals surface area contributed by atoms with E-state index in [1.807, 2.05) is 12.1 Å². The van der Waals surface area contributed by atoms with Gasteiger partial charge in [-0.25, -0.2) is 0 Å². The molecule has 0 aromatic heterocycles. The second-order valence-corrected chi connectivity index (χ2v) is 5.41. The maximum absolute atomic E-state index is 12.0. The van der Waals surface area contributed by atoms with Crippen molar-refractivity contribution in [1.82, 2.24) is 15.5 Å². The molecule has 4 nitrogen and oxygen atoms in total. The zero-order chi connectivity index (χ0) is 13.7. The fourth-order valence-electron chi connectivity index (χ4n) is 2.43. The lowest BCUT2D eigenvalue weighted by Gasteiger charge is -2.15. The zero-order valence-electron chi connectivity index (χ0n) is 12.6. The lowest BCUT2D eigenvalue weighted by Crippen LogP contribution is -2.31. The van der Waals surface area contributed by atoms with Crippen LogP contribution in [0.5, 0.6) is 0 Å². The van der Waals surface area contributed by atoms with Crippen LogP contribution < -0.4 is 10.6 Å². The monoisotopic (exact) mass is 333 g/mol. The van der Waals surface area contributed by atoms with Crippen LogP contribution in [0.25, 0.3) is 0 Å². The minimum Gasteiger partial charge on any atom is -0.352 e. The van der Waals surface area contributed by atoms with Gasteiger partial charge < -0.3 is 15.5 Å². The van der Waals surface area contributed by atoms with Crippen molar-refractivity contribution >= 4 is 30.7 Å². The summed E-state index contributed by atoms with van der Waals surface area (Å²) in [5.74, 6) is 0.311. The lowest BCUT2D eigenvalue weighted by molar-refractivity contribution is -0.124. The second-order valence-electron chi connectivity index (χ2n) is 5.41. The van der Waals surface area contributed by atoms with Crippen LogP contribution in [0, 0.1) is 5.92 Å². The number of hydrogen-bond acceptors (Lipinski definition) is 3. The molecular weight excluding hydrogens is 309 g/mol. The third kappa shape index (κ3) is 6.22. The van der Waals surface area contributed by atoms with E-state index in [4.69, 9.17) is 0 Å². The van der Waals surface area contributed by atoms with Gasteiger partial charge in [0.05, 0.1) is 5.92 Å². The third-order valence-electron chi connectivity index (χ3n) is 3.49. The van der Waals surface area contributed by atoms with Gasteiger partial charge in [-0.3, -0.25) is 4.79 Å². The molecule has 21 heavy (non-hydrogen) atoms. The Bertz CT molecular complexity index is 435. The first-order valence-corrected chi connectivity index (χ1v) is 6.87. The first-order valence-electron chi connectivity index (χ1n) is 6.87. The number of hydrogen-bond donors (Lipinski definition) is 2. The third-order valence-corrected chi connectivity index (χ3v) is 3.49.